The monoisotopic (exact) mass is 296 g/mol. The van der Waals surface area contributed by atoms with E-state index in [0.29, 0.717) is 24.2 Å². The van der Waals surface area contributed by atoms with Gasteiger partial charge < -0.3 is 5.11 Å². The van der Waals surface area contributed by atoms with Crippen molar-refractivity contribution in [2.75, 3.05) is 17.9 Å². The molecule has 0 aliphatic carbocycles. The Morgan fingerprint density at radius 2 is 2.05 bits per heavy atom. The molecule has 5 nitrogen and oxygen atoms in total. The third-order valence-electron chi connectivity index (χ3n) is 2.34. The van der Waals surface area contributed by atoms with Crippen molar-refractivity contribution in [2.45, 2.75) is 26.7 Å². The number of rotatable bonds is 6. The molecule has 0 bridgehead atoms. The van der Waals surface area contributed by atoms with E-state index < -0.39 is 10.2 Å². The highest BCUT2D eigenvalue weighted by Gasteiger charge is 2.09. The molecule has 0 aromatic heterocycles. The Morgan fingerprint density at radius 1 is 1.30 bits per heavy atom. The molecule has 0 fully saturated rings. The summed E-state index contributed by atoms with van der Waals surface area (Å²) in [5.74, 6) is 5.70. The van der Waals surface area contributed by atoms with E-state index in [1.54, 1.807) is 12.1 Å². The SMILES string of the molecule is CCCNS(=O)(=O)Nc1cc(C)cc(C#CCCO)c1. The zero-order chi connectivity index (χ0) is 15.0. The molecule has 0 saturated heterocycles. The molecular formula is C14H20N2O3S. The summed E-state index contributed by atoms with van der Waals surface area (Å²) in [7, 11) is -3.54. The number of anilines is 1. The minimum absolute atomic E-state index is 0.0131. The van der Waals surface area contributed by atoms with E-state index in [2.05, 4.69) is 21.3 Å². The van der Waals surface area contributed by atoms with Gasteiger partial charge in [-0.15, -0.1) is 0 Å². The largest absolute Gasteiger partial charge is 0.395 e. The number of aliphatic hydroxyl groups excluding tert-OH is 1. The molecule has 0 aliphatic rings. The lowest BCUT2D eigenvalue weighted by molar-refractivity contribution is 0.305. The molecule has 0 amide bonds. The molecule has 0 radical (unpaired) electrons. The van der Waals surface area contributed by atoms with Crippen LogP contribution in [0.2, 0.25) is 0 Å². The molecule has 0 heterocycles. The summed E-state index contributed by atoms with van der Waals surface area (Å²) in [6, 6.07) is 5.27. The molecule has 0 unspecified atom stereocenters. The van der Waals surface area contributed by atoms with Crippen LogP contribution in [0, 0.1) is 18.8 Å². The Kier molecular flexibility index (Phi) is 6.52. The molecule has 3 N–H and O–H groups in total. The van der Waals surface area contributed by atoms with Crippen molar-refractivity contribution < 1.29 is 13.5 Å². The lowest BCUT2D eigenvalue weighted by atomic mass is 10.1. The standard InChI is InChI=1S/C14H20N2O3S/c1-3-7-15-20(18,19)16-14-10-12(2)9-13(11-14)6-4-5-8-17/h9-11,15-17H,3,5,7-8H2,1-2H3. The van der Waals surface area contributed by atoms with E-state index in [-0.39, 0.29) is 6.61 Å². The summed E-state index contributed by atoms with van der Waals surface area (Å²) >= 11 is 0. The first-order valence-electron chi connectivity index (χ1n) is 6.45. The van der Waals surface area contributed by atoms with E-state index >= 15 is 0 Å². The zero-order valence-electron chi connectivity index (χ0n) is 11.7. The summed E-state index contributed by atoms with van der Waals surface area (Å²) in [5, 5.41) is 8.69. The highest BCUT2D eigenvalue weighted by molar-refractivity contribution is 7.90. The van der Waals surface area contributed by atoms with Crippen LogP contribution in [-0.4, -0.2) is 26.7 Å². The van der Waals surface area contributed by atoms with E-state index in [1.807, 2.05) is 19.9 Å². The van der Waals surface area contributed by atoms with Crippen molar-refractivity contribution in [3.63, 3.8) is 0 Å². The van der Waals surface area contributed by atoms with Gasteiger partial charge in [0.1, 0.15) is 0 Å². The van der Waals surface area contributed by atoms with Crippen LogP contribution in [0.3, 0.4) is 0 Å². The maximum Gasteiger partial charge on any atom is 0.299 e. The molecule has 1 aromatic rings. The molecule has 20 heavy (non-hydrogen) atoms. The van der Waals surface area contributed by atoms with Crippen LogP contribution >= 0.6 is 0 Å². The number of aliphatic hydroxyl groups is 1. The molecule has 1 rings (SSSR count). The van der Waals surface area contributed by atoms with Crippen LogP contribution < -0.4 is 9.44 Å². The van der Waals surface area contributed by atoms with E-state index in [1.165, 1.54) is 0 Å². The van der Waals surface area contributed by atoms with Crippen molar-refractivity contribution in [3.8, 4) is 11.8 Å². The second-order valence-corrected chi connectivity index (χ2v) is 5.86. The Balaban J connectivity index is 2.89. The normalized spacial score (nSPS) is 10.8. The van der Waals surface area contributed by atoms with Crippen molar-refractivity contribution in [2.24, 2.45) is 0 Å². The van der Waals surface area contributed by atoms with Crippen LogP contribution in [0.5, 0.6) is 0 Å². The van der Waals surface area contributed by atoms with E-state index in [0.717, 1.165) is 12.0 Å². The zero-order valence-corrected chi connectivity index (χ0v) is 12.5. The Hall–Kier alpha value is -1.55. The minimum Gasteiger partial charge on any atom is -0.395 e. The minimum atomic E-state index is -3.54. The van der Waals surface area contributed by atoms with Crippen LogP contribution in [-0.2, 0) is 10.2 Å². The topological polar surface area (TPSA) is 78.4 Å². The van der Waals surface area contributed by atoms with Crippen LogP contribution in [0.4, 0.5) is 5.69 Å². The van der Waals surface area contributed by atoms with Crippen molar-refractivity contribution >= 4 is 15.9 Å². The fourth-order valence-electron chi connectivity index (χ4n) is 1.56. The van der Waals surface area contributed by atoms with Crippen LogP contribution in [0.1, 0.15) is 30.9 Å². The molecule has 1 aromatic carbocycles. The number of nitrogens with one attached hydrogen (secondary N) is 2. The smallest absolute Gasteiger partial charge is 0.299 e. The predicted molar refractivity (Wildman–Crippen MR) is 80.6 cm³/mol. The van der Waals surface area contributed by atoms with Gasteiger partial charge in [-0.2, -0.15) is 13.1 Å². The molecule has 6 heteroatoms. The number of benzene rings is 1. The van der Waals surface area contributed by atoms with E-state index in [9.17, 15) is 8.42 Å². The van der Waals surface area contributed by atoms with Gasteiger partial charge in [-0.25, -0.2) is 0 Å². The molecular weight excluding hydrogens is 276 g/mol. The summed E-state index contributed by atoms with van der Waals surface area (Å²) in [6.45, 7) is 4.17. The first-order chi connectivity index (χ1) is 9.46. The number of aryl methyl sites for hydroxylation is 1. The Labute approximate surface area is 120 Å². The Morgan fingerprint density at radius 3 is 2.70 bits per heavy atom. The third-order valence-corrected chi connectivity index (χ3v) is 3.43. The molecule has 0 atom stereocenters. The van der Waals surface area contributed by atoms with Gasteiger partial charge in [-0.1, -0.05) is 18.8 Å². The fraction of sp³-hybridized carbons (Fsp3) is 0.429. The van der Waals surface area contributed by atoms with Gasteiger partial charge in [0, 0.05) is 18.5 Å². The average molecular weight is 296 g/mol. The molecule has 0 saturated carbocycles. The van der Waals surface area contributed by atoms with Gasteiger partial charge in [-0.05, 0) is 37.1 Å². The van der Waals surface area contributed by atoms with Crippen LogP contribution in [0.15, 0.2) is 18.2 Å². The number of hydrogen-bond donors (Lipinski definition) is 3. The Bertz CT molecular complexity index is 601. The molecule has 110 valence electrons. The van der Waals surface area contributed by atoms with Gasteiger partial charge in [-0.3, -0.25) is 4.72 Å². The van der Waals surface area contributed by atoms with Crippen molar-refractivity contribution in [3.05, 3.63) is 29.3 Å². The predicted octanol–water partition coefficient (Wildman–Crippen LogP) is 1.39. The average Bonchev–Trinajstić information content (AvgIpc) is 2.35. The van der Waals surface area contributed by atoms with Crippen molar-refractivity contribution in [1.82, 2.24) is 4.72 Å². The van der Waals surface area contributed by atoms with Gasteiger partial charge in [0.25, 0.3) is 10.2 Å². The lowest BCUT2D eigenvalue weighted by Gasteiger charge is -2.09. The lowest BCUT2D eigenvalue weighted by Crippen LogP contribution is -2.30. The maximum absolute atomic E-state index is 11.8. The summed E-state index contributed by atoms with van der Waals surface area (Å²) < 4.78 is 28.4. The third kappa shape index (κ3) is 6.06. The summed E-state index contributed by atoms with van der Waals surface area (Å²) in [5.41, 5.74) is 2.10. The summed E-state index contributed by atoms with van der Waals surface area (Å²) in [6.07, 6.45) is 1.12. The highest BCUT2D eigenvalue weighted by atomic mass is 32.2. The maximum atomic E-state index is 11.8. The summed E-state index contributed by atoms with van der Waals surface area (Å²) in [4.78, 5) is 0. The highest BCUT2D eigenvalue weighted by Crippen LogP contribution is 2.15. The van der Waals surface area contributed by atoms with Gasteiger partial charge >= 0.3 is 0 Å². The fourth-order valence-corrected chi connectivity index (χ4v) is 2.54. The van der Waals surface area contributed by atoms with Gasteiger partial charge in [0.05, 0.1) is 12.3 Å². The van der Waals surface area contributed by atoms with Gasteiger partial charge in [0.15, 0.2) is 0 Å². The van der Waals surface area contributed by atoms with E-state index in [4.69, 9.17) is 5.11 Å². The quantitative estimate of drug-likeness (QED) is 0.694. The van der Waals surface area contributed by atoms with Gasteiger partial charge in [0.2, 0.25) is 0 Å². The van der Waals surface area contributed by atoms with Crippen molar-refractivity contribution in [1.29, 1.82) is 0 Å². The second-order valence-electron chi connectivity index (χ2n) is 4.36. The first-order valence-corrected chi connectivity index (χ1v) is 7.94. The van der Waals surface area contributed by atoms with Crippen LogP contribution in [0.25, 0.3) is 0 Å². The second kappa shape index (κ2) is 7.90. The first kappa shape index (κ1) is 16.5. The molecule has 0 aliphatic heterocycles. The molecule has 0 spiro atoms. The number of hydrogen-bond acceptors (Lipinski definition) is 3.